The predicted octanol–water partition coefficient (Wildman–Crippen LogP) is 12.4. The molecular weight excluding hydrogens is 673 g/mol. The van der Waals surface area contributed by atoms with Crippen molar-refractivity contribution >= 4 is 38.3 Å². The van der Waals surface area contributed by atoms with Crippen molar-refractivity contribution in [3.8, 4) is 22.3 Å². The van der Waals surface area contributed by atoms with Crippen LogP contribution in [0, 0.1) is 23.7 Å². The predicted molar refractivity (Wildman–Crippen MR) is 237 cm³/mol. The van der Waals surface area contributed by atoms with Gasteiger partial charge >= 0.3 is 0 Å². The van der Waals surface area contributed by atoms with Gasteiger partial charge in [-0.1, -0.05) is 212 Å². The molecule has 11 rings (SSSR count). The van der Waals surface area contributed by atoms with Crippen molar-refractivity contribution in [3.05, 3.63) is 246 Å². The van der Waals surface area contributed by atoms with E-state index in [1.165, 1.54) is 87.6 Å². The van der Waals surface area contributed by atoms with Gasteiger partial charge in [0.1, 0.15) is 0 Å². The first-order valence-corrected chi connectivity index (χ1v) is 19.9. The molecule has 0 heteroatoms. The molecule has 264 valence electrons. The quantitative estimate of drug-likeness (QED) is 0.156. The number of rotatable bonds is 5. The van der Waals surface area contributed by atoms with Gasteiger partial charge < -0.3 is 0 Å². The van der Waals surface area contributed by atoms with Crippen LogP contribution in [-0.2, 0) is 0 Å². The summed E-state index contributed by atoms with van der Waals surface area (Å²) >= 11 is 0. The summed E-state index contributed by atoms with van der Waals surface area (Å²) in [6, 6.07) is 56.3. The van der Waals surface area contributed by atoms with Crippen molar-refractivity contribution in [3.63, 3.8) is 0 Å². The zero-order chi connectivity index (χ0) is 37.0. The first-order valence-electron chi connectivity index (χ1n) is 19.9. The molecule has 0 bridgehead atoms. The topological polar surface area (TPSA) is 0 Å². The van der Waals surface area contributed by atoms with Gasteiger partial charge in [0, 0.05) is 23.7 Å². The summed E-state index contributed by atoms with van der Waals surface area (Å²) in [6.07, 6.45) is 25.7. The minimum atomic E-state index is 0.158. The third kappa shape index (κ3) is 5.29. The molecule has 0 fully saturated rings. The molecule has 56 heavy (non-hydrogen) atoms. The summed E-state index contributed by atoms with van der Waals surface area (Å²) in [5, 5.41) is 7.87. The van der Waals surface area contributed by atoms with E-state index in [1.54, 1.807) is 0 Å². The zero-order valence-corrected chi connectivity index (χ0v) is 31.1. The van der Waals surface area contributed by atoms with Gasteiger partial charge in [-0.15, -0.1) is 0 Å². The summed E-state index contributed by atoms with van der Waals surface area (Å²) in [6.45, 7) is 0. The highest BCUT2D eigenvalue weighted by Crippen LogP contribution is 2.48. The molecule has 7 aromatic rings. The standard InChI is InChI=1S/C56H40/c1-3-18-38(19-4-1)43-34-33-42(36-52(43)39-20-5-2-6-21-39)54-46-25-11-15-29-50(46)56(51-30-16-12-26-47(51)54)55-48-27-13-9-23-44(48)53(45-24-10-14-28-49(45)55)41-32-31-37-17-7-8-22-40(37)35-41/h1-37,40,46,50H. The van der Waals surface area contributed by atoms with Gasteiger partial charge in [-0.3, -0.25) is 0 Å². The molecule has 0 heterocycles. The fourth-order valence-electron chi connectivity index (χ4n) is 9.93. The average Bonchev–Trinajstić information content (AvgIpc) is 3.28. The molecule has 7 aromatic carbocycles. The lowest BCUT2D eigenvalue weighted by Gasteiger charge is -2.35. The number of allylic oxidation sites excluding steroid dienone is 12. The van der Waals surface area contributed by atoms with Crippen LogP contribution in [0.5, 0.6) is 0 Å². The van der Waals surface area contributed by atoms with E-state index in [1.807, 2.05) is 0 Å². The molecule has 0 amide bonds. The summed E-state index contributed by atoms with van der Waals surface area (Å²) < 4.78 is 0. The van der Waals surface area contributed by atoms with Gasteiger partial charge in [0.25, 0.3) is 0 Å². The SMILES string of the molecule is C1=CC2C=CC(c3c4ccccc4c(C4=c5ccccc5=C(c5ccc(-c6ccccc6)c(-c6ccccc6)c5)C5C=CC=CC45)c4ccccc34)=CC2C=C1. The maximum absolute atomic E-state index is 2.49. The van der Waals surface area contributed by atoms with E-state index >= 15 is 0 Å². The van der Waals surface area contributed by atoms with Gasteiger partial charge in [0.2, 0.25) is 0 Å². The Labute approximate surface area is 328 Å². The number of fused-ring (bicyclic) bond motifs is 5. The van der Waals surface area contributed by atoms with Crippen LogP contribution in [0.25, 0.3) is 60.5 Å². The Morgan fingerprint density at radius 1 is 0.339 bits per heavy atom. The van der Waals surface area contributed by atoms with E-state index in [0.717, 1.165) is 0 Å². The molecule has 0 saturated heterocycles. The van der Waals surface area contributed by atoms with Gasteiger partial charge in [-0.05, 0) is 93.7 Å². The van der Waals surface area contributed by atoms with E-state index < -0.39 is 0 Å². The summed E-state index contributed by atoms with van der Waals surface area (Å²) in [5.74, 6) is 1.11. The summed E-state index contributed by atoms with van der Waals surface area (Å²) in [4.78, 5) is 0. The second-order valence-electron chi connectivity index (χ2n) is 15.4. The largest absolute Gasteiger partial charge is 0.0767 e. The van der Waals surface area contributed by atoms with Crippen LogP contribution in [-0.4, -0.2) is 0 Å². The lowest BCUT2D eigenvalue weighted by atomic mass is 9.68. The van der Waals surface area contributed by atoms with E-state index in [0.29, 0.717) is 11.8 Å². The van der Waals surface area contributed by atoms with Crippen LogP contribution < -0.4 is 10.4 Å². The maximum atomic E-state index is 2.49. The maximum Gasteiger partial charge on any atom is 0.0138 e. The van der Waals surface area contributed by atoms with Crippen LogP contribution in [0.2, 0.25) is 0 Å². The number of hydrogen-bond donors (Lipinski definition) is 0. The molecule has 0 aliphatic heterocycles. The lowest BCUT2D eigenvalue weighted by Crippen LogP contribution is -2.40. The van der Waals surface area contributed by atoms with Crippen LogP contribution in [0.1, 0.15) is 16.7 Å². The summed E-state index contributed by atoms with van der Waals surface area (Å²) in [7, 11) is 0. The Kier molecular flexibility index (Phi) is 7.88. The molecule has 4 unspecified atom stereocenters. The fraction of sp³-hybridized carbons (Fsp3) is 0.0714. The Bertz CT molecular complexity index is 2960. The van der Waals surface area contributed by atoms with Crippen molar-refractivity contribution < 1.29 is 0 Å². The first-order chi connectivity index (χ1) is 27.8. The fourth-order valence-corrected chi connectivity index (χ4v) is 9.93. The normalized spacial score (nSPS) is 20.5. The second kappa shape index (κ2) is 13.5. The van der Waals surface area contributed by atoms with E-state index in [4.69, 9.17) is 0 Å². The van der Waals surface area contributed by atoms with Crippen LogP contribution in [0.15, 0.2) is 218 Å². The van der Waals surface area contributed by atoms with E-state index in [-0.39, 0.29) is 11.8 Å². The summed E-state index contributed by atoms with van der Waals surface area (Å²) in [5.41, 5.74) is 13.0. The molecule has 0 saturated carbocycles. The first kappa shape index (κ1) is 32.7. The van der Waals surface area contributed by atoms with Gasteiger partial charge in [0.05, 0.1) is 0 Å². The van der Waals surface area contributed by atoms with Crippen LogP contribution in [0.4, 0.5) is 0 Å². The molecule has 0 nitrogen and oxygen atoms in total. The van der Waals surface area contributed by atoms with Crippen molar-refractivity contribution in [1.82, 2.24) is 0 Å². The van der Waals surface area contributed by atoms with Crippen LogP contribution in [0.3, 0.4) is 0 Å². The number of benzene rings is 7. The lowest BCUT2D eigenvalue weighted by molar-refractivity contribution is 0.663. The molecule has 0 N–H and O–H groups in total. The minimum Gasteiger partial charge on any atom is -0.0767 e. The van der Waals surface area contributed by atoms with Gasteiger partial charge in [-0.25, -0.2) is 0 Å². The molecule has 4 aliphatic rings. The average molecular weight is 713 g/mol. The Balaban J connectivity index is 1.21. The molecule has 0 radical (unpaired) electrons. The second-order valence-corrected chi connectivity index (χ2v) is 15.4. The van der Waals surface area contributed by atoms with Gasteiger partial charge in [-0.2, -0.15) is 0 Å². The van der Waals surface area contributed by atoms with Crippen molar-refractivity contribution in [2.24, 2.45) is 23.7 Å². The zero-order valence-electron chi connectivity index (χ0n) is 31.1. The Hall–Kier alpha value is -6.76. The van der Waals surface area contributed by atoms with E-state index in [2.05, 4.69) is 218 Å². The smallest absolute Gasteiger partial charge is 0.0138 e. The van der Waals surface area contributed by atoms with Gasteiger partial charge in [0.15, 0.2) is 0 Å². The van der Waals surface area contributed by atoms with Crippen molar-refractivity contribution in [1.29, 1.82) is 0 Å². The molecule has 0 spiro atoms. The van der Waals surface area contributed by atoms with Crippen molar-refractivity contribution in [2.75, 3.05) is 0 Å². The Morgan fingerprint density at radius 3 is 1.48 bits per heavy atom. The number of hydrogen-bond acceptors (Lipinski definition) is 0. The molecule has 4 atom stereocenters. The van der Waals surface area contributed by atoms with Crippen LogP contribution >= 0.6 is 0 Å². The molecule has 4 aliphatic carbocycles. The monoisotopic (exact) mass is 712 g/mol. The third-order valence-electron chi connectivity index (χ3n) is 12.4. The highest BCUT2D eigenvalue weighted by atomic mass is 14.4. The van der Waals surface area contributed by atoms with Crippen molar-refractivity contribution in [2.45, 2.75) is 0 Å². The highest BCUT2D eigenvalue weighted by Gasteiger charge is 2.34. The Morgan fingerprint density at radius 2 is 0.839 bits per heavy atom. The molecular formula is C56H40. The third-order valence-corrected chi connectivity index (χ3v) is 12.4. The molecule has 0 aromatic heterocycles. The minimum absolute atomic E-state index is 0.158. The van der Waals surface area contributed by atoms with E-state index in [9.17, 15) is 0 Å². The highest BCUT2D eigenvalue weighted by molar-refractivity contribution is 6.17.